The first-order valence-corrected chi connectivity index (χ1v) is 6.20. The first-order chi connectivity index (χ1) is 7.66. The lowest BCUT2D eigenvalue weighted by Gasteiger charge is -2.24. The van der Waals surface area contributed by atoms with Gasteiger partial charge in [0.25, 0.3) is 0 Å². The number of carbonyl (C=O) groups is 1. The van der Waals surface area contributed by atoms with Crippen LogP contribution in [0.3, 0.4) is 0 Å². The molecule has 2 unspecified atom stereocenters. The Bertz CT molecular complexity index is 263. The van der Waals surface area contributed by atoms with Crippen LogP contribution in [0.5, 0.6) is 0 Å². The van der Waals surface area contributed by atoms with Crippen LogP contribution in [-0.4, -0.2) is 48.8 Å². The maximum Gasteiger partial charge on any atom is 0.310 e. The SMILES string of the molecule is CCC1(C(=O)O)CCN(CC2CCOC2)C1. The molecule has 2 saturated heterocycles. The lowest BCUT2D eigenvalue weighted by molar-refractivity contribution is -0.148. The molecule has 0 saturated carbocycles. The molecule has 0 aliphatic carbocycles. The minimum atomic E-state index is -0.625. The summed E-state index contributed by atoms with van der Waals surface area (Å²) in [6.45, 7) is 6.36. The van der Waals surface area contributed by atoms with Gasteiger partial charge in [-0.05, 0) is 31.7 Å². The molecule has 0 aromatic rings. The van der Waals surface area contributed by atoms with E-state index in [4.69, 9.17) is 4.74 Å². The predicted octanol–water partition coefficient (Wildman–Crippen LogP) is 1.21. The van der Waals surface area contributed by atoms with Gasteiger partial charge in [-0.3, -0.25) is 4.79 Å². The molecule has 2 aliphatic rings. The molecule has 0 bridgehead atoms. The standard InChI is InChI=1S/C12H21NO3/c1-2-12(11(14)15)4-5-13(9-12)7-10-3-6-16-8-10/h10H,2-9H2,1H3,(H,14,15). The van der Waals surface area contributed by atoms with Crippen LogP contribution in [0.1, 0.15) is 26.2 Å². The number of ether oxygens (including phenoxy) is 1. The molecule has 92 valence electrons. The summed E-state index contributed by atoms with van der Waals surface area (Å²) in [6, 6.07) is 0. The largest absolute Gasteiger partial charge is 0.481 e. The molecule has 2 aliphatic heterocycles. The van der Waals surface area contributed by atoms with Crippen LogP contribution < -0.4 is 0 Å². The van der Waals surface area contributed by atoms with Crippen molar-refractivity contribution in [3.63, 3.8) is 0 Å². The minimum absolute atomic E-state index is 0.487. The zero-order valence-electron chi connectivity index (χ0n) is 9.95. The Hall–Kier alpha value is -0.610. The summed E-state index contributed by atoms with van der Waals surface area (Å²) in [5, 5.41) is 9.29. The third-order valence-electron chi connectivity index (χ3n) is 4.10. The molecule has 2 heterocycles. The zero-order chi connectivity index (χ0) is 11.6. The first-order valence-electron chi connectivity index (χ1n) is 6.20. The quantitative estimate of drug-likeness (QED) is 0.784. The number of hydrogen-bond donors (Lipinski definition) is 1. The van der Waals surface area contributed by atoms with Gasteiger partial charge in [0.15, 0.2) is 0 Å². The van der Waals surface area contributed by atoms with Crippen LogP contribution in [-0.2, 0) is 9.53 Å². The van der Waals surface area contributed by atoms with Crippen molar-refractivity contribution in [1.82, 2.24) is 4.90 Å². The monoisotopic (exact) mass is 227 g/mol. The lowest BCUT2D eigenvalue weighted by atomic mass is 9.84. The third-order valence-corrected chi connectivity index (χ3v) is 4.10. The van der Waals surface area contributed by atoms with Crippen LogP contribution in [0.2, 0.25) is 0 Å². The first kappa shape index (κ1) is 11.9. The number of hydrogen-bond acceptors (Lipinski definition) is 3. The van der Waals surface area contributed by atoms with E-state index in [1.807, 2.05) is 6.92 Å². The van der Waals surface area contributed by atoms with Crippen LogP contribution in [0.4, 0.5) is 0 Å². The van der Waals surface area contributed by atoms with E-state index >= 15 is 0 Å². The molecule has 4 heteroatoms. The molecule has 0 aromatic carbocycles. The van der Waals surface area contributed by atoms with E-state index in [0.29, 0.717) is 5.92 Å². The van der Waals surface area contributed by atoms with E-state index in [2.05, 4.69) is 4.90 Å². The second-order valence-electron chi connectivity index (χ2n) is 5.15. The van der Waals surface area contributed by atoms with Gasteiger partial charge in [0.1, 0.15) is 0 Å². The number of nitrogens with zero attached hydrogens (tertiary/aromatic N) is 1. The summed E-state index contributed by atoms with van der Waals surface area (Å²) in [7, 11) is 0. The molecule has 16 heavy (non-hydrogen) atoms. The normalized spacial score (nSPS) is 35.7. The topological polar surface area (TPSA) is 49.8 Å². The van der Waals surface area contributed by atoms with Crippen LogP contribution >= 0.6 is 0 Å². The molecule has 0 spiro atoms. The summed E-state index contributed by atoms with van der Waals surface area (Å²) in [4.78, 5) is 13.6. The number of carboxylic acids is 1. The number of likely N-dealkylation sites (tertiary alicyclic amines) is 1. The number of carboxylic acid groups (broad SMARTS) is 1. The maximum absolute atomic E-state index is 11.3. The highest BCUT2D eigenvalue weighted by atomic mass is 16.5. The molecule has 2 atom stereocenters. The van der Waals surface area contributed by atoms with Gasteiger partial charge in [-0.2, -0.15) is 0 Å². The van der Waals surface area contributed by atoms with Crippen molar-refractivity contribution < 1.29 is 14.6 Å². The Labute approximate surface area is 96.6 Å². The minimum Gasteiger partial charge on any atom is -0.481 e. The highest BCUT2D eigenvalue weighted by molar-refractivity contribution is 5.75. The molecule has 0 amide bonds. The second kappa shape index (κ2) is 4.72. The smallest absolute Gasteiger partial charge is 0.310 e. The van der Waals surface area contributed by atoms with E-state index in [1.165, 1.54) is 0 Å². The Morgan fingerprint density at radius 2 is 2.44 bits per heavy atom. The van der Waals surface area contributed by atoms with Crippen LogP contribution in [0.25, 0.3) is 0 Å². The lowest BCUT2D eigenvalue weighted by Crippen LogP contribution is -2.35. The fourth-order valence-corrected chi connectivity index (χ4v) is 2.82. The summed E-state index contributed by atoms with van der Waals surface area (Å²) in [5.74, 6) is -0.0124. The zero-order valence-corrected chi connectivity index (χ0v) is 9.95. The third kappa shape index (κ3) is 2.23. The van der Waals surface area contributed by atoms with Gasteiger partial charge in [-0.25, -0.2) is 0 Å². The van der Waals surface area contributed by atoms with Gasteiger partial charge in [0, 0.05) is 19.7 Å². The highest BCUT2D eigenvalue weighted by Gasteiger charge is 2.43. The van der Waals surface area contributed by atoms with E-state index < -0.39 is 11.4 Å². The average Bonchev–Trinajstić information content (AvgIpc) is 2.88. The number of rotatable bonds is 4. The van der Waals surface area contributed by atoms with Gasteiger partial charge in [-0.1, -0.05) is 6.92 Å². The van der Waals surface area contributed by atoms with Crippen molar-refractivity contribution in [2.75, 3.05) is 32.8 Å². The maximum atomic E-state index is 11.3. The van der Waals surface area contributed by atoms with Crippen molar-refractivity contribution in [3.8, 4) is 0 Å². The highest BCUT2D eigenvalue weighted by Crippen LogP contribution is 2.34. The van der Waals surface area contributed by atoms with E-state index in [-0.39, 0.29) is 0 Å². The average molecular weight is 227 g/mol. The van der Waals surface area contributed by atoms with Crippen molar-refractivity contribution in [3.05, 3.63) is 0 Å². The molecular formula is C12H21NO3. The molecule has 0 radical (unpaired) electrons. The van der Waals surface area contributed by atoms with Gasteiger partial charge >= 0.3 is 5.97 Å². The Balaban J connectivity index is 1.88. The molecule has 4 nitrogen and oxygen atoms in total. The molecule has 2 rings (SSSR count). The van der Waals surface area contributed by atoms with E-state index in [1.54, 1.807) is 0 Å². The van der Waals surface area contributed by atoms with Gasteiger partial charge in [-0.15, -0.1) is 0 Å². The van der Waals surface area contributed by atoms with Gasteiger partial charge < -0.3 is 14.7 Å². The fourth-order valence-electron chi connectivity index (χ4n) is 2.82. The Kier molecular flexibility index (Phi) is 3.50. The Morgan fingerprint density at radius 1 is 1.62 bits per heavy atom. The number of aliphatic carboxylic acids is 1. The summed E-state index contributed by atoms with van der Waals surface area (Å²) < 4.78 is 5.35. The van der Waals surface area contributed by atoms with Crippen molar-refractivity contribution in [2.45, 2.75) is 26.2 Å². The van der Waals surface area contributed by atoms with Crippen molar-refractivity contribution >= 4 is 5.97 Å². The summed E-state index contributed by atoms with van der Waals surface area (Å²) >= 11 is 0. The molecule has 0 aromatic heterocycles. The van der Waals surface area contributed by atoms with Crippen molar-refractivity contribution in [1.29, 1.82) is 0 Å². The van der Waals surface area contributed by atoms with Gasteiger partial charge in [0.05, 0.1) is 12.0 Å². The summed E-state index contributed by atoms with van der Waals surface area (Å²) in [5.41, 5.74) is -0.487. The second-order valence-corrected chi connectivity index (χ2v) is 5.15. The molecule has 1 N–H and O–H groups in total. The predicted molar refractivity (Wildman–Crippen MR) is 60.3 cm³/mol. The molecule has 2 fully saturated rings. The van der Waals surface area contributed by atoms with E-state index in [9.17, 15) is 9.90 Å². The van der Waals surface area contributed by atoms with E-state index in [0.717, 1.165) is 52.1 Å². The van der Waals surface area contributed by atoms with Crippen molar-refractivity contribution in [2.24, 2.45) is 11.3 Å². The fraction of sp³-hybridized carbons (Fsp3) is 0.917. The molecular weight excluding hydrogens is 206 g/mol. The summed E-state index contributed by atoms with van der Waals surface area (Å²) in [6.07, 6.45) is 2.66. The van der Waals surface area contributed by atoms with Crippen LogP contribution in [0, 0.1) is 11.3 Å². The van der Waals surface area contributed by atoms with Crippen LogP contribution in [0.15, 0.2) is 0 Å². The Morgan fingerprint density at radius 3 is 2.94 bits per heavy atom. The van der Waals surface area contributed by atoms with Gasteiger partial charge in [0.2, 0.25) is 0 Å².